The smallest absolute Gasteiger partial charge is 0.231 e. The maximum atomic E-state index is 13.2. The maximum Gasteiger partial charge on any atom is 0.231 e. The van der Waals surface area contributed by atoms with Crippen LogP contribution in [0, 0.1) is 0 Å². The number of rotatable bonds is 3. The Labute approximate surface area is 87.6 Å². The fourth-order valence-electron chi connectivity index (χ4n) is 1.38. The van der Waals surface area contributed by atoms with Crippen LogP contribution in [0.15, 0.2) is 36.7 Å². The quantitative estimate of drug-likeness (QED) is 0.706. The summed E-state index contributed by atoms with van der Waals surface area (Å²) < 4.78 is 23.5. The first-order valence-corrected chi connectivity index (χ1v) is 4.66. The monoisotopic (exact) mass is 206 g/mol. The van der Waals surface area contributed by atoms with E-state index < -0.39 is 0 Å². The number of allylic oxidation sites excluding steroid dienone is 2. The van der Waals surface area contributed by atoms with Gasteiger partial charge in [-0.15, -0.1) is 6.58 Å². The van der Waals surface area contributed by atoms with E-state index in [0.717, 1.165) is 5.56 Å². The van der Waals surface area contributed by atoms with Gasteiger partial charge in [0.05, 0.1) is 0 Å². The van der Waals surface area contributed by atoms with Crippen molar-refractivity contribution in [1.29, 1.82) is 0 Å². The Bertz CT molecular complexity index is 410. The van der Waals surface area contributed by atoms with Crippen molar-refractivity contribution < 1.29 is 13.9 Å². The van der Waals surface area contributed by atoms with Crippen LogP contribution in [0.3, 0.4) is 0 Å². The highest BCUT2D eigenvalue weighted by molar-refractivity contribution is 5.57. The summed E-state index contributed by atoms with van der Waals surface area (Å²) in [6.45, 7) is 3.71. The van der Waals surface area contributed by atoms with Crippen molar-refractivity contribution in [2.75, 3.05) is 6.79 Å². The van der Waals surface area contributed by atoms with Crippen molar-refractivity contribution in [3.63, 3.8) is 0 Å². The number of fused-ring (bicyclic) bond motifs is 1. The zero-order valence-electron chi connectivity index (χ0n) is 8.20. The molecule has 2 rings (SSSR count). The first-order chi connectivity index (χ1) is 7.29. The van der Waals surface area contributed by atoms with Crippen LogP contribution >= 0.6 is 0 Å². The predicted octanol–water partition coefficient (Wildman–Crippen LogP) is 3.30. The van der Waals surface area contributed by atoms with Gasteiger partial charge in [0.25, 0.3) is 0 Å². The lowest BCUT2D eigenvalue weighted by atomic mass is 10.1. The van der Waals surface area contributed by atoms with Crippen molar-refractivity contribution in [1.82, 2.24) is 0 Å². The lowest BCUT2D eigenvalue weighted by Crippen LogP contribution is -1.92. The minimum Gasteiger partial charge on any atom is -0.454 e. The van der Waals surface area contributed by atoms with Gasteiger partial charge < -0.3 is 9.47 Å². The van der Waals surface area contributed by atoms with Gasteiger partial charge >= 0.3 is 0 Å². The van der Waals surface area contributed by atoms with Crippen LogP contribution in [-0.4, -0.2) is 6.79 Å². The lowest BCUT2D eigenvalue weighted by Gasteiger charge is -1.98. The van der Waals surface area contributed by atoms with Gasteiger partial charge in [0.15, 0.2) is 11.5 Å². The molecular weight excluding hydrogens is 195 g/mol. The molecule has 1 aliphatic rings. The van der Waals surface area contributed by atoms with Gasteiger partial charge in [-0.3, -0.25) is 0 Å². The Balaban J connectivity index is 2.23. The molecule has 0 spiro atoms. The van der Waals surface area contributed by atoms with Gasteiger partial charge in [-0.25, -0.2) is 4.39 Å². The molecular formula is C12H11FO2. The molecule has 0 bridgehead atoms. The van der Waals surface area contributed by atoms with Crippen molar-refractivity contribution in [3.05, 3.63) is 42.2 Å². The highest BCUT2D eigenvalue weighted by Crippen LogP contribution is 2.33. The normalized spacial score (nSPS) is 14.1. The molecule has 0 saturated heterocycles. The van der Waals surface area contributed by atoms with Gasteiger partial charge in [0.1, 0.15) is 5.83 Å². The summed E-state index contributed by atoms with van der Waals surface area (Å²) in [4.78, 5) is 0. The number of hydrogen-bond acceptors (Lipinski definition) is 2. The molecule has 0 saturated carbocycles. The van der Waals surface area contributed by atoms with E-state index in [1.165, 1.54) is 12.2 Å². The van der Waals surface area contributed by atoms with E-state index in [0.29, 0.717) is 11.5 Å². The zero-order chi connectivity index (χ0) is 10.7. The Hall–Kier alpha value is -1.77. The molecule has 1 aromatic rings. The number of halogens is 1. The van der Waals surface area contributed by atoms with Crippen LogP contribution in [-0.2, 0) is 0 Å². The molecule has 15 heavy (non-hydrogen) atoms. The summed E-state index contributed by atoms with van der Waals surface area (Å²) in [5.74, 6) is 1.15. The van der Waals surface area contributed by atoms with E-state index in [2.05, 4.69) is 6.58 Å². The molecule has 0 aliphatic carbocycles. The van der Waals surface area contributed by atoms with Gasteiger partial charge in [-0.05, 0) is 23.8 Å². The maximum absolute atomic E-state index is 13.2. The molecule has 0 unspecified atom stereocenters. The fraction of sp³-hybridized carbons (Fsp3) is 0.167. The van der Waals surface area contributed by atoms with E-state index in [1.54, 1.807) is 18.2 Å². The summed E-state index contributed by atoms with van der Waals surface area (Å²) in [5.41, 5.74) is 0.763. The van der Waals surface area contributed by atoms with E-state index in [4.69, 9.17) is 9.47 Å². The molecule has 1 aromatic carbocycles. The molecule has 3 heteroatoms. The summed E-state index contributed by atoms with van der Waals surface area (Å²) in [5, 5.41) is 0. The molecule has 1 aliphatic heterocycles. The summed E-state index contributed by atoms with van der Waals surface area (Å²) in [6, 6.07) is 5.32. The van der Waals surface area contributed by atoms with E-state index in [9.17, 15) is 4.39 Å². The molecule has 78 valence electrons. The van der Waals surface area contributed by atoms with Crippen molar-refractivity contribution in [2.45, 2.75) is 6.42 Å². The highest BCUT2D eigenvalue weighted by Gasteiger charge is 2.12. The SMILES string of the molecule is C=CC/C(F)=C/c1ccc2c(c1)OCO2. The van der Waals surface area contributed by atoms with Crippen LogP contribution in [0.2, 0.25) is 0 Å². The van der Waals surface area contributed by atoms with Gasteiger partial charge in [0.2, 0.25) is 6.79 Å². The topological polar surface area (TPSA) is 18.5 Å². The van der Waals surface area contributed by atoms with Crippen molar-refractivity contribution in [3.8, 4) is 11.5 Å². The molecule has 0 atom stereocenters. The fourth-order valence-corrected chi connectivity index (χ4v) is 1.38. The second kappa shape index (κ2) is 4.17. The second-order valence-electron chi connectivity index (χ2n) is 3.20. The minimum atomic E-state index is -0.219. The number of hydrogen-bond donors (Lipinski definition) is 0. The second-order valence-corrected chi connectivity index (χ2v) is 3.20. The molecule has 2 nitrogen and oxygen atoms in total. The third-order valence-corrected chi connectivity index (χ3v) is 2.06. The Morgan fingerprint density at radius 2 is 2.20 bits per heavy atom. The number of benzene rings is 1. The van der Waals surface area contributed by atoms with E-state index >= 15 is 0 Å². The number of ether oxygens (including phenoxy) is 2. The molecule has 0 radical (unpaired) electrons. The summed E-state index contributed by atoms with van der Waals surface area (Å²) in [7, 11) is 0. The first-order valence-electron chi connectivity index (χ1n) is 4.66. The Kier molecular flexibility index (Phi) is 2.72. The summed E-state index contributed by atoms with van der Waals surface area (Å²) >= 11 is 0. The predicted molar refractivity (Wildman–Crippen MR) is 56.5 cm³/mol. The van der Waals surface area contributed by atoms with Gasteiger partial charge in [-0.2, -0.15) is 0 Å². The lowest BCUT2D eigenvalue weighted by molar-refractivity contribution is 0.174. The molecule has 0 aromatic heterocycles. The molecule has 0 N–H and O–H groups in total. The molecule has 0 amide bonds. The van der Waals surface area contributed by atoms with Crippen LogP contribution in [0.25, 0.3) is 6.08 Å². The third kappa shape index (κ3) is 2.18. The van der Waals surface area contributed by atoms with Crippen molar-refractivity contribution >= 4 is 6.08 Å². The largest absolute Gasteiger partial charge is 0.454 e. The van der Waals surface area contributed by atoms with Crippen LogP contribution in [0.4, 0.5) is 4.39 Å². The Morgan fingerprint density at radius 1 is 1.40 bits per heavy atom. The average Bonchev–Trinajstić information content (AvgIpc) is 2.65. The van der Waals surface area contributed by atoms with Gasteiger partial charge in [-0.1, -0.05) is 12.1 Å². The van der Waals surface area contributed by atoms with E-state index in [-0.39, 0.29) is 19.0 Å². The van der Waals surface area contributed by atoms with Crippen LogP contribution in [0.1, 0.15) is 12.0 Å². The van der Waals surface area contributed by atoms with Crippen molar-refractivity contribution in [2.24, 2.45) is 0 Å². The van der Waals surface area contributed by atoms with E-state index in [1.807, 2.05) is 0 Å². The molecule has 0 fully saturated rings. The van der Waals surface area contributed by atoms with Gasteiger partial charge in [0, 0.05) is 6.42 Å². The van der Waals surface area contributed by atoms with Crippen LogP contribution in [0.5, 0.6) is 11.5 Å². The zero-order valence-corrected chi connectivity index (χ0v) is 8.20. The summed E-state index contributed by atoms with van der Waals surface area (Å²) in [6.07, 6.45) is 3.23. The third-order valence-electron chi connectivity index (χ3n) is 2.06. The highest BCUT2D eigenvalue weighted by atomic mass is 19.1. The van der Waals surface area contributed by atoms with Crippen LogP contribution < -0.4 is 9.47 Å². The minimum absolute atomic E-state index is 0.219. The standard InChI is InChI=1S/C12H11FO2/c1-2-3-10(13)6-9-4-5-11-12(7-9)15-8-14-11/h2,4-7H,1,3,8H2/b10-6-. The Morgan fingerprint density at radius 3 is 3.00 bits per heavy atom. The molecule has 1 heterocycles. The first kappa shape index (κ1) is 9.77. The average molecular weight is 206 g/mol.